The molecule has 0 bridgehead atoms. The Kier molecular flexibility index (Phi) is 4.95. The average Bonchev–Trinajstić information content (AvgIpc) is 3.43. The summed E-state index contributed by atoms with van der Waals surface area (Å²) in [6.45, 7) is 0. The second-order valence-corrected chi connectivity index (χ2v) is 7.17. The van der Waals surface area contributed by atoms with Crippen molar-refractivity contribution in [3.8, 4) is 11.1 Å². The minimum Gasteiger partial charge on any atom is -0.481 e. The van der Waals surface area contributed by atoms with Crippen LogP contribution in [-0.2, 0) is 11.2 Å². The molecule has 1 aliphatic carbocycles. The van der Waals surface area contributed by atoms with Gasteiger partial charge in [-0.25, -0.2) is 0 Å². The SMILES string of the molecule is O=C(O)C(C1CCCC1)[C@H](Cc1ccc(-c2cn[nH]c2)cc1)c1nn[nH]n1. The molecule has 1 fully saturated rings. The third-order valence-electron chi connectivity index (χ3n) is 5.56. The molecule has 140 valence electrons. The lowest BCUT2D eigenvalue weighted by molar-refractivity contribution is -0.144. The van der Waals surface area contributed by atoms with Crippen molar-refractivity contribution in [3.63, 3.8) is 0 Å². The Labute approximate surface area is 156 Å². The number of carboxylic acid groups (broad SMARTS) is 1. The van der Waals surface area contributed by atoms with Gasteiger partial charge >= 0.3 is 5.97 Å². The molecule has 1 aromatic carbocycles. The number of nitrogens with one attached hydrogen (secondary N) is 2. The summed E-state index contributed by atoms with van der Waals surface area (Å²) in [5, 5.41) is 31.1. The van der Waals surface area contributed by atoms with E-state index in [-0.39, 0.29) is 11.8 Å². The number of aromatic nitrogens is 6. The average molecular weight is 366 g/mol. The molecule has 2 atom stereocenters. The third kappa shape index (κ3) is 3.74. The maximum absolute atomic E-state index is 12.1. The number of H-pyrrole nitrogens is 2. The largest absolute Gasteiger partial charge is 0.481 e. The Morgan fingerprint density at radius 2 is 1.96 bits per heavy atom. The van der Waals surface area contributed by atoms with Gasteiger partial charge in [-0.05, 0) is 36.3 Å². The van der Waals surface area contributed by atoms with Gasteiger partial charge in [0.05, 0.1) is 12.1 Å². The van der Waals surface area contributed by atoms with Gasteiger partial charge < -0.3 is 5.11 Å². The Morgan fingerprint density at radius 1 is 1.19 bits per heavy atom. The summed E-state index contributed by atoms with van der Waals surface area (Å²) in [5.74, 6) is -0.932. The molecule has 2 heterocycles. The van der Waals surface area contributed by atoms with Crippen molar-refractivity contribution in [1.82, 2.24) is 30.8 Å². The topological polar surface area (TPSA) is 120 Å². The van der Waals surface area contributed by atoms with Crippen LogP contribution in [-0.4, -0.2) is 41.9 Å². The molecule has 0 aliphatic heterocycles. The molecule has 2 aromatic heterocycles. The number of hydrogen-bond acceptors (Lipinski definition) is 5. The summed E-state index contributed by atoms with van der Waals surface area (Å²) in [4.78, 5) is 12.1. The van der Waals surface area contributed by atoms with Crippen LogP contribution in [0.4, 0.5) is 0 Å². The summed E-state index contributed by atoms with van der Waals surface area (Å²) < 4.78 is 0. The zero-order chi connectivity index (χ0) is 18.6. The van der Waals surface area contributed by atoms with Gasteiger partial charge in [0.25, 0.3) is 0 Å². The number of carboxylic acids is 1. The predicted molar refractivity (Wildman–Crippen MR) is 97.7 cm³/mol. The molecular formula is C19H22N6O2. The van der Waals surface area contributed by atoms with E-state index in [4.69, 9.17) is 0 Å². The van der Waals surface area contributed by atoms with E-state index >= 15 is 0 Å². The van der Waals surface area contributed by atoms with E-state index in [2.05, 4.69) is 30.8 Å². The van der Waals surface area contributed by atoms with E-state index in [1.807, 2.05) is 30.5 Å². The molecule has 1 saturated carbocycles. The fraction of sp³-hybridized carbons (Fsp3) is 0.421. The standard InChI is InChI=1S/C19H22N6O2/c26-19(27)17(14-3-1-2-4-14)16(18-22-24-25-23-18)9-12-5-7-13(8-6-12)15-10-20-21-11-15/h5-8,10-11,14,16-17H,1-4,9H2,(H,20,21)(H,26,27)(H,22,23,24,25)/t16-,17?/m0/s1. The normalized spacial score (nSPS) is 17.0. The first-order valence-electron chi connectivity index (χ1n) is 9.26. The smallest absolute Gasteiger partial charge is 0.307 e. The lowest BCUT2D eigenvalue weighted by Gasteiger charge is -2.26. The van der Waals surface area contributed by atoms with Crippen LogP contribution in [0.5, 0.6) is 0 Å². The fourth-order valence-electron chi connectivity index (χ4n) is 4.22. The molecule has 3 aromatic rings. The van der Waals surface area contributed by atoms with E-state index in [0.717, 1.165) is 42.4 Å². The van der Waals surface area contributed by atoms with E-state index in [9.17, 15) is 9.90 Å². The molecular weight excluding hydrogens is 344 g/mol. The minimum absolute atomic E-state index is 0.163. The van der Waals surface area contributed by atoms with Crippen LogP contribution >= 0.6 is 0 Å². The maximum atomic E-state index is 12.1. The van der Waals surface area contributed by atoms with Crippen molar-refractivity contribution < 1.29 is 9.90 Å². The lowest BCUT2D eigenvalue weighted by Crippen LogP contribution is -2.30. The number of rotatable bonds is 7. The number of carbonyl (C=O) groups is 1. The number of tetrazole rings is 1. The highest BCUT2D eigenvalue weighted by Gasteiger charge is 2.39. The van der Waals surface area contributed by atoms with Gasteiger partial charge in [-0.2, -0.15) is 10.3 Å². The van der Waals surface area contributed by atoms with Crippen molar-refractivity contribution in [2.45, 2.75) is 38.0 Å². The highest BCUT2D eigenvalue weighted by Crippen LogP contribution is 2.40. The monoisotopic (exact) mass is 366 g/mol. The zero-order valence-corrected chi connectivity index (χ0v) is 14.9. The van der Waals surface area contributed by atoms with Crippen molar-refractivity contribution in [2.75, 3.05) is 0 Å². The zero-order valence-electron chi connectivity index (χ0n) is 14.9. The highest BCUT2D eigenvalue weighted by atomic mass is 16.4. The van der Waals surface area contributed by atoms with E-state index in [1.165, 1.54) is 0 Å². The summed E-state index contributed by atoms with van der Waals surface area (Å²) in [6.07, 6.45) is 8.27. The molecule has 4 rings (SSSR count). The lowest BCUT2D eigenvalue weighted by atomic mass is 9.77. The van der Waals surface area contributed by atoms with E-state index < -0.39 is 11.9 Å². The van der Waals surface area contributed by atoms with Crippen LogP contribution in [0.2, 0.25) is 0 Å². The number of benzene rings is 1. The van der Waals surface area contributed by atoms with Crippen LogP contribution in [0.1, 0.15) is 43.0 Å². The Hall–Kier alpha value is -3.03. The second-order valence-electron chi connectivity index (χ2n) is 7.17. The minimum atomic E-state index is -0.772. The molecule has 27 heavy (non-hydrogen) atoms. The van der Waals surface area contributed by atoms with Crippen molar-refractivity contribution >= 4 is 5.97 Å². The number of hydrogen-bond donors (Lipinski definition) is 3. The van der Waals surface area contributed by atoms with Crippen molar-refractivity contribution in [3.05, 3.63) is 48.0 Å². The van der Waals surface area contributed by atoms with Crippen LogP contribution in [0.25, 0.3) is 11.1 Å². The molecule has 0 amide bonds. The number of aliphatic carboxylic acids is 1. The van der Waals surface area contributed by atoms with Gasteiger partial charge in [0.15, 0.2) is 5.82 Å². The molecule has 0 radical (unpaired) electrons. The fourth-order valence-corrected chi connectivity index (χ4v) is 4.22. The number of nitrogens with zero attached hydrogens (tertiary/aromatic N) is 4. The van der Waals surface area contributed by atoms with Gasteiger partial charge in [-0.15, -0.1) is 10.2 Å². The quantitative estimate of drug-likeness (QED) is 0.591. The molecule has 0 spiro atoms. The van der Waals surface area contributed by atoms with Gasteiger partial charge in [0.1, 0.15) is 0 Å². The second kappa shape index (κ2) is 7.69. The Bertz CT molecular complexity index is 854. The van der Waals surface area contributed by atoms with Gasteiger partial charge in [0.2, 0.25) is 0 Å². The van der Waals surface area contributed by atoms with E-state index in [1.54, 1.807) is 6.20 Å². The Morgan fingerprint density at radius 3 is 2.56 bits per heavy atom. The highest BCUT2D eigenvalue weighted by molar-refractivity contribution is 5.72. The van der Waals surface area contributed by atoms with Crippen molar-refractivity contribution in [2.24, 2.45) is 11.8 Å². The summed E-state index contributed by atoms with van der Waals surface area (Å²) in [5.41, 5.74) is 3.14. The summed E-state index contributed by atoms with van der Waals surface area (Å²) in [7, 11) is 0. The molecule has 8 heteroatoms. The first kappa shape index (κ1) is 17.4. The summed E-state index contributed by atoms with van der Waals surface area (Å²) >= 11 is 0. The van der Waals surface area contributed by atoms with Crippen LogP contribution in [0.15, 0.2) is 36.7 Å². The molecule has 8 nitrogen and oxygen atoms in total. The molecule has 0 saturated heterocycles. The Balaban J connectivity index is 1.60. The first-order chi connectivity index (χ1) is 13.2. The molecule has 1 unspecified atom stereocenters. The van der Waals surface area contributed by atoms with Crippen LogP contribution in [0.3, 0.4) is 0 Å². The van der Waals surface area contributed by atoms with E-state index in [0.29, 0.717) is 12.2 Å². The number of aromatic amines is 2. The van der Waals surface area contributed by atoms with Crippen molar-refractivity contribution in [1.29, 1.82) is 0 Å². The predicted octanol–water partition coefficient (Wildman–Crippen LogP) is 2.81. The van der Waals surface area contributed by atoms with Crippen LogP contribution in [0, 0.1) is 11.8 Å². The molecule has 3 N–H and O–H groups in total. The first-order valence-corrected chi connectivity index (χ1v) is 9.26. The summed E-state index contributed by atoms with van der Waals surface area (Å²) in [6, 6.07) is 8.11. The van der Waals surface area contributed by atoms with Gasteiger partial charge in [0, 0.05) is 17.7 Å². The third-order valence-corrected chi connectivity index (χ3v) is 5.56. The van der Waals surface area contributed by atoms with Gasteiger partial charge in [-0.3, -0.25) is 9.89 Å². The van der Waals surface area contributed by atoms with Crippen LogP contribution < -0.4 is 0 Å². The molecule has 1 aliphatic rings. The maximum Gasteiger partial charge on any atom is 0.307 e. The van der Waals surface area contributed by atoms with Gasteiger partial charge in [-0.1, -0.05) is 42.3 Å².